The summed E-state index contributed by atoms with van der Waals surface area (Å²) in [6, 6.07) is 6.60. The Labute approximate surface area is 218 Å². The highest BCUT2D eigenvalue weighted by Gasteiger charge is 2.35. The average Bonchev–Trinajstić information content (AvgIpc) is 3.41. The van der Waals surface area contributed by atoms with Crippen LogP contribution in [0.1, 0.15) is 32.1 Å². The summed E-state index contributed by atoms with van der Waals surface area (Å²) >= 11 is 0. The predicted molar refractivity (Wildman–Crippen MR) is 138 cm³/mol. The van der Waals surface area contributed by atoms with E-state index in [1.165, 1.54) is 26.0 Å². The molecule has 0 bridgehead atoms. The first kappa shape index (κ1) is 26.3. The minimum atomic E-state index is -2.73. The molecule has 1 N–H and O–H groups in total. The molecule has 204 valence electrons. The number of hydrogen-bond acceptors (Lipinski definition) is 7. The number of halogens is 4. The lowest BCUT2D eigenvalue weighted by molar-refractivity contribution is -0.0222. The van der Waals surface area contributed by atoms with Crippen molar-refractivity contribution in [2.24, 2.45) is 0 Å². The number of rotatable bonds is 9. The normalized spacial score (nSPS) is 17.7. The van der Waals surface area contributed by atoms with E-state index in [1.807, 2.05) is 0 Å². The highest BCUT2D eigenvalue weighted by molar-refractivity contribution is 5.94. The van der Waals surface area contributed by atoms with Crippen molar-refractivity contribution in [3.8, 4) is 11.5 Å². The van der Waals surface area contributed by atoms with Crippen LogP contribution in [0, 0.1) is 11.6 Å². The topological polar surface area (TPSA) is 62.8 Å². The lowest BCUT2D eigenvalue weighted by Crippen LogP contribution is -2.40. The van der Waals surface area contributed by atoms with Gasteiger partial charge in [-0.05, 0) is 50.6 Å². The maximum atomic E-state index is 14.5. The Hall–Kier alpha value is -3.34. The minimum absolute atomic E-state index is 0.0173. The van der Waals surface area contributed by atoms with E-state index in [0.29, 0.717) is 29.0 Å². The number of piperidine rings is 1. The molecule has 0 radical (unpaired) electrons. The summed E-state index contributed by atoms with van der Waals surface area (Å²) < 4.78 is 67.1. The fraction of sp³-hybridized carbons (Fsp3) is 0.481. The molecule has 0 saturated carbocycles. The second kappa shape index (κ2) is 11.2. The van der Waals surface area contributed by atoms with Crippen molar-refractivity contribution in [1.82, 2.24) is 14.9 Å². The summed E-state index contributed by atoms with van der Waals surface area (Å²) in [5.41, 5.74) is 0.497. The number of methoxy groups -OCH3 is 1. The van der Waals surface area contributed by atoms with Gasteiger partial charge in [0.1, 0.15) is 17.5 Å². The molecule has 7 nitrogen and oxygen atoms in total. The molecule has 38 heavy (non-hydrogen) atoms. The molecule has 0 aliphatic carbocycles. The Morgan fingerprint density at radius 3 is 2.45 bits per heavy atom. The van der Waals surface area contributed by atoms with Crippen LogP contribution in [0.4, 0.5) is 35.0 Å². The van der Waals surface area contributed by atoms with Gasteiger partial charge < -0.3 is 24.6 Å². The van der Waals surface area contributed by atoms with E-state index in [4.69, 9.17) is 9.47 Å². The maximum Gasteiger partial charge on any atom is 0.251 e. The second-order valence-electron chi connectivity index (χ2n) is 9.74. The highest BCUT2D eigenvalue weighted by atomic mass is 19.3. The number of ether oxygens (including phenoxy) is 2. The van der Waals surface area contributed by atoms with Gasteiger partial charge in [-0.3, -0.25) is 0 Å². The SMILES string of the molecule is COc1cc2c(Nc3ccc(F)cc3F)nc(N3CCC(F)(F)CC3)nc2cc1OCCCN1CCCC1. The predicted octanol–water partition coefficient (Wildman–Crippen LogP) is 5.76. The Kier molecular flexibility index (Phi) is 7.73. The first-order valence-electron chi connectivity index (χ1n) is 12.9. The second-order valence-corrected chi connectivity index (χ2v) is 9.74. The first-order chi connectivity index (χ1) is 18.3. The van der Waals surface area contributed by atoms with Crippen LogP contribution < -0.4 is 19.7 Å². The fourth-order valence-electron chi connectivity index (χ4n) is 4.86. The van der Waals surface area contributed by atoms with Crippen molar-refractivity contribution >= 4 is 28.4 Å². The van der Waals surface area contributed by atoms with Gasteiger partial charge in [0.2, 0.25) is 5.95 Å². The van der Waals surface area contributed by atoms with Gasteiger partial charge in [0.25, 0.3) is 5.92 Å². The van der Waals surface area contributed by atoms with E-state index in [0.717, 1.165) is 38.2 Å². The summed E-state index contributed by atoms with van der Waals surface area (Å²) in [7, 11) is 1.52. The van der Waals surface area contributed by atoms with E-state index in [1.54, 1.807) is 17.0 Å². The molecule has 0 unspecified atom stereocenters. The van der Waals surface area contributed by atoms with Gasteiger partial charge >= 0.3 is 0 Å². The van der Waals surface area contributed by atoms with Crippen LogP contribution >= 0.6 is 0 Å². The Balaban J connectivity index is 1.46. The third-order valence-electron chi connectivity index (χ3n) is 7.01. The van der Waals surface area contributed by atoms with E-state index in [-0.39, 0.29) is 43.4 Å². The summed E-state index contributed by atoms with van der Waals surface area (Å²) in [6.07, 6.45) is 2.70. The molecular weight excluding hydrogens is 502 g/mol. The van der Waals surface area contributed by atoms with Crippen molar-refractivity contribution in [3.63, 3.8) is 0 Å². The minimum Gasteiger partial charge on any atom is -0.493 e. The monoisotopic (exact) mass is 533 g/mol. The zero-order valence-corrected chi connectivity index (χ0v) is 21.3. The summed E-state index contributed by atoms with van der Waals surface area (Å²) in [5.74, 6) is -2.79. The van der Waals surface area contributed by atoms with Crippen molar-refractivity contribution in [3.05, 3.63) is 42.0 Å². The van der Waals surface area contributed by atoms with Gasteiger partial charge in [0.15, 0.2) is 11.5 Å². The molecule has 2 aliphatic rings. The van der Waals surface area contributed by atoms with Crippen LogP contribution in [-0.2, 0) is 0 Å². The number of nitrogens with zero attached hydrogens (tertiary/aromatic N) is 4. The number of anilines is 3. The van der Waals surface area contributed by atoms with Gasteiger partial charge in [-0.15, -0.1) is 0 Å². The molecule has 1 aromatic heterocycles. The van der Waals surface area contributed by atoms with E-state index in [9.17, 15) is 17.6 Å². The highest BCUT2D eigenvalue weighted by Crippen LogP contribution is 2.37. The lowest BCUT2D eigenvalue weighted by atomic mass is 10.1. The molecule has 5 rings (SSSR count). The zero-order valence-electron chi connectivity index (χ0n) is 21.3. The van der Waals surface area contributed by atoms with Gasteiger partial charge in [-0.1, -0.05) is 0 Å². The van der Waals surface area contributed by atoms with E-state index >= 15 is 0 Å². The van der Waals surface area contributed by atoms with Crippen molar-refractivity contribution in [2.45, 2.75) is 38.0 Å². The third-order valence-corrected chi connectivity index (χ3v) is 7.01. The summed E-state index contributed by atoms with van der Waals surface area (Å²) in [5, 5.41) is 3.44. The number of aromatic nitrogens is 2. The van der Waals surface area contributed by atoms with Crippen LogP contribution in [0.25, 0.3) is 10.9 Å². The van der Waals surface area contributed by atoms with Gasteiger partial charge in [-0.25, -0.2) is 22.5 Å². The first-order valence-corrected chi connectivity index (χ1v) is 12.9. The van der Waals surface area contributed by atoms with Crippen LogP contribution in [-0.4, -0.2) is 67.2 Å². The van der Waals surface area contributed by atoms with Crippen LogP contribution in [0.2, 0.25) is 0 Å². The average molecular weight is 534 g/mol. The smallest absolute Gasteiger partial charge is 0.251 e. The summed E-state index contributed by atoms with van der Waals surface area (Å²) in [4.78, 5) is 13.3. The number of benzene rings is 2. The number of hydrogen-bond donors (Lipinski definition) is 1. The molecule has 3 heterocycles. The number of alkyl halides is 2. The Bertz CT molecular complexity index is 1280. The van der Waals surface area contributed by atoms with Crippen molar-refractivity contribution in [2.75, 3.05) is 56.7 Å². The molecule has 2 aliphatic heterocycles. The third kappa shape index (κ3) is 6.03. The molecular formula is C27H31F4N5O2. The molecule has 2 aromatic carbocycles. The molecule has 2 saturated heterocycles. The standard InChI is InChI=1S/C27H31F4N5O2/c1-37-23-16-19-22(17-24(23)38-14-4-11-35-9-2-3-10-35)33-26(36-12-7-27(30,31)8-13-36)34-25(19)32-21-6-5-18(28)15-20(21)29/h5-6,15-17H,2-4,7-14H2,1H3,(H,32,33,34). The van der Waals surface area contributed by atoms with Crippen LogP contribution in [0.3, 0.4) is 0 Å². The summed E-state index contributed by atoms with van der Waals surface area (Å²) in [6.45, 7) is 3.85. The molecule has 3 aromatic rings. The quantitative estimate of drug-likeness (QED) is 0.277. The van der Waals surface area contributed by atoms with Crippen molar-refractivity contribution < 1.29 is 27.0 Å². The molecule has 11 heteroatoms. The Morgan fingerprint density at radius 2 is 1.74 bits per heavy atom. The molecule has 0 atom stereocenters. The lowest BCUT2D eigenvalue weighted by Gasteiger charge is -2.32. The largest absolute Gasteiger partial charge is 0.493 e. The van der Waals surface area contributed by atoms with E-state index in [2.05, 4.69) is 20.2 Å². The number of nitrogens with one attached hydrogen (secondary N) is 1. The van der Waals surface area contributed by atoms with Gasteiger partial charge in [0.05, 0.1) is 24.9 Å². The number of likely N-dealkylation sites (tertiary alicyclic amines) is 1. The number of fused-ring (bicyclic) bond motifs is 1. The van der Waals surface area contributed by atoms with Crippen LogP contribution in [0.5, 0.6) is 11.5 Å². The Morgan fingerprint density at radius 1 is 0.974 bits per heavy atom. The molecule has 2 fully saturated rings. The van der Waals surface area contributed by atoms with Crippen LogP contribution in [0.15, 0.2) is 30.3 Å². The van der Waals surface area contributed by atoms with E-state index < -0.39 is 17.6 Å². The maximum absolute atomic E-state index is 14.5. The van der Waals surface area contributed by atoms with Gasteiger partial charge in [-0.2, -0.15) is 4.98 Å². The zero-order chi connectivity index (χ0) is 26.7. The van der Waals surface area contributed by atoms with Gasteiger partial charge in [0, 0.05) is 50.0 Å². The fourth-order valence-corrected chi connectivity index (χ4v) is 4.86. The van der Waals surface area contributed by atoms with Crippen molar-refractivity contribution in [1.29, 1.82) is 0 Å². The molecule has 0 spiro atoms. The molecule has 0 amide bonds.